The van der Waals surface area contributed by atoms with E-state index >= 15 is 0 Å². The fourth-order valence-corrected chi connectivity index (χ4v) is 3.39. The minimum atomic E-state index is -0.902. The maximum atomic E-state index is 12.4. The molecule has 1 heterocycles. The molecule has 0 aliphatic carbocycles. The summed E-state index contributed by atoms with van der Waals surface area (Å²) in [5.74, 6) is 0.0453. The van der Waals surface area contributed by atoms with Crippen molar-refractivity contribution in [3.63, 3.8) is 0 Å². The van der Waals surface area contributed by atoms with E-state index in [0.29, 0.717) is 49.2 Å². The topological polar surface area (TPSA) is 106 Å². The van der Waals surface area contributed by atoms with Gasteiger partial charge in [-0.1, -0.05) is 36.9 Å². The van der Waals surface area contributed by atoms with E-state index in [4.69, 9.17) is 13.9 Å². The lowest BCUT2D eigenvalue weighted by atomic mass is 10.0. The largest absolute Gasteiger partial charge is 0.493 e. The highest BCUT2D eigenvalue weighted by molar-refractivity contribution is 5.82. The first-order chi connectivity index (χ1) is 16.0. The molecule has 0 fully saturated rings. The first-order valence-electron chi connectivity index (χ1n) is 10.9. The molecule has 0 bridgehead atoms. The van der Waals surface area contributed by atoms with E-state index in [1.54, 1.807) is 18.2 Å². The van der Waals surface area contributed by atoms with Crippen LogP contribution in [0, 0.1) is 0 Å². The zero-order chi connectivity index (χ0) is 23.6. The molecule has 0 saturated carbocycles. The number of hydrogen-bond acceptors (Lipinski definition) is 7. The standard InChI is InChI=1S/C26H28O7/c1-2-25(29)32-15-7-11-23(28)22(27)10-6-14-31-20-13-12-19-16-21(18-8-4-3-5-9-18)26(30)33-24(19)17-20/h2-5,8-9,12-13,16-17,22-23,27-28H,1,6-7,10-11,14-15H2. The molecule has 1 aromatic heterocycles. The van der Waals surface area contributed by atoms with Crippen LogP contribution < -0.4 is 10.4 Å². The second-order valence-electron chi connectivity index (χ2n) is 7.65. The quantitative estimate of drug-likeness (QED) is 0.186. The Bertz CT molecular complexity index is 1120. The van der Waals surface area contributed by atoms with Gasteiger partial charge < -0.3 is 24.1 Å². The van der Waals surface area contributed by atoms with Crippen molar-refractivity contribution in [3.8, 4) is 16.9 Å². The lowest BCUT2D eigenvalue weighted by Crippen LogP contribution is -2.26. The highest BCUT2D eigenvalue weighted by Gasteiger charge is 2.16. The van der Waals surface area contributed by atoms with Gasteiger partial charge in [-0.05, 0) is 49.4 Å². The van der Waals surface area contributed by atoms with Crippen LogP contribution in [0.2, 0.25) is 0 Å². The number of carbonyl (C=O) groups is 1. The average Bonchev–Trinajstić information content (AvgIpc) is 2.84. The van der Waals surface area contributed by atoms with Gasteiger partial charge in [0.25, 0.3) is 0 Å². The molecule has 0 amide bonds. The van der Waals surface area contributed by atoms with Gasteiger partial charge in [0.2, 0.25) is 0 Å². The summed E-state index contributed by atoms with van der Waals surface area (Å²) >= 11 is 0. The summed E-state index contributed by atoms with van der Waals surface area (Å²) in [5, 5.41) is 20.9. The van der Waals surface area contributed by atoms with E-state index in [1.165, 1.54) is 0 Å². The number of esters is 1. The number of aliphatic hydroxyl groups is 2. The maximum Gasteiger partial charge on any atom is 0.344 e. The van der Waals surface area contributed by atoms with Crippen LogP contribution in [0.4, 0.5) is 0 Å². The van der Waals surface area contributed by atoms with Crippen molar-refractivity contribution in [2.24, 2.45) is 0 Å². The Morgan fingerprint density at radius 1 is 1.00 bits per heavy atom. The van der Waals surface area contributed by atoms with E-state index in [2.05, 4.69) is 6.58 Å². The number of fused-ring (bicyclic) bond motifs is 1. The Morgan fingerprint density at radius 3 is 2.39 bits per heavy atom. The number of benzene rings is 2. The molecule has 7 heteroatoms. The molecule has 33 heavy (non-hydrogen) atoms. The third-order valence-corrected chi connectivity index (χ3v) is 5.20. The predicted molar refractivity (Wildman–Crippen MR) is 125 cm³/mol. The van der Waals surface area contributed by atoms with Crippen LogP contribution in [-0.4, -0.2) is 41.6 Å². The van der Waals surface area contributed by atoms with Gasteiger partial charge in [-0.15, -0.1) is 0 Å². The van der Waals surface area contributed by atoms with Crippen LogP contribution in [0.1, 0.15) is 25.7 Å². The van der Waals surface area contributed by atoms with Crippen LogP contribution in [0.15, 0.2) is 76.5 Å². The lowest BCUT2D eigenvalue weighted by molar-refractivity contribution is -0.138. The van der Waals surface area contributed by atoms with Gasteiger partial charge in [0.05, 0.1) is 31.0 Å². The summed E-state index contributed by atoms with van der Waals surface area (Å²) in [6, 6.07) is 16.4. The maximum absolute atomic E-state index is 12.4. The van der Waals surface area contributed by atoms with E-state index in [1.807, 2.05) is 36.4 Å². The molecule has 0 spiro atoms. The van der Waals surface area contributed by atoms with Crippen molar-refractivity contribution in [2.45, 2.75) is 37.9 Å². The molecular formula is C26H28O7. The van der Waals surface area contributed by atoms with Gasteiger partial charge in [0, 0.05) is 17.5 Å². The zero-order valence-electron chi connectivity index (χ0n) is 18.3. The predicted octanol–water partition coefficient (Wildman–Crippen LogP) is 3.85. The fraction of sp³-hybridized carbons (Fsp3) is 0.308. The Kier molecular flexibility index (Phi) is 8.80. The summed E-state index contributed by atoms with van der Waals surface area (Å²) in [6.07, 6.45) is 0.936. The summed E-state index contributed by atoms with van der Waals surface area (Å²) < 4.78 is 16.0. The van der Waals surface area contributed by atoms with Crippen molar-refractivity contribution in [1.82, 2.24) is 0 Å². The third-order valence-electron chi connectivity index (χ3n) is 5.20. The lowest BCUT2D eigenvalue weighted by Gasteiger charge is -2.17. The van der Waals surface area contributed by atoms with E-state index < -0.39 is 23.8 Å². The molecule has 3 rings (SSSR count). The smallest absolute Gasteiger partial charge is 0.344 e. The molecule has 7 nitrogen and oxygen atoms in total. The molecule has 2 atom stereocenters. The first kappa shape index (κ1) is 24.2. The molecule has 3 aromatic rings. The summed E-state index contributed by atoms with van der Waals surface area (Å²) in [6.45, 7) is 3.81. The highest BCUT2D eigenvalue weighted by atomic mass is 16.5. The summed E-state index contributed by atoms with van der Waals surface area (Å²) in [7, 11) is 0. The number of ether oxygens (including phenoxy) is 2. The zero-order valence-corrected chi connectivity index (χ0v) is 18.3. The van der Waals surface area contributed by atoms with Gasteiger partial charge in [0.15, 0.2) is 0 Å². The van der Waals surface area contributed by atoms with Crippen LogP contribution in [0.5, 0.6) is 5.75 Å². The van der Waals surface area contributed by atoms with Crippen LogP contribution in [0.25, 0.3) is 22.1 Å². The Labute approximate surface area is 191 Å². The minimum Gasteiger partial charge on any atom is -0.493 e. The van der Waals surface area contributed by atoms with Gasteiger partial charge >= 0.3 is 11.6 Å². The van der Waals surface area contributed by atoms with Crippen LogP contribution >= 0.6 is 0 Å². The van der Waals surface area contributed by atoms with Crippen molar-refractivity contribution in [3.05, 3.63) is 77.7 Å². The summed E-state index contributed by atoms with van der Waals surface area (Å²) in [4.78, 5) is 23.4. The monoisotopic (exact) mass is 452 g/mol. The molecule has 0 aliphatic rings. The van der Waals surface area contributed by atoms with Gasteiger partial charge in [-0.3, -0.25) is 0 Å². The molecule has 2 aromatic carbocycles. The number of carbonyl (C=O) groups excluding carboxylic acids is 1. The Morgan fingerprint density at radius 2 is 1.70 bits per heavy atom. The van der Waals surface area contributed by atoms with E-state index in [9.17, 15) is 19.8 Å². The SMILES string of the molecule is C=CC(=O)OCCCC(O)C(O)CCCOc1ccc2cc(-c3ccccc3)c(=O)oc2c1. The van der Waals surface area contributed by atoms with Crippen molar-refractivity contribution in [2.75, 3.05) is 13.2 Å². The van der Waals surface area contributed by atoms with Gasteiger partial charge in [-0.25, -0.2) is 9.59 Å². The Balaban J connectivity index is 1.47. The second kappa shape index (κ2) is 12.0. The van der Waals surface area contributed by atoms with Crippen molar-refractivity contribution >= 4 is 16.9 Å². The van der Waals surface area contributed by atoms with Gasteiger partial charge in [-0.2, -0.15) is 0 Å². The normalized spacial score (nSPS) is 12.8. The van der Waals surface area contributed by atoms with Gasteiger partial charge in [0.1, 0.15) is 11.3 Å². The molecule has 0 radical (unpaired) electrons. The highest BCUT2D eigenvalue weighted by Crippen LogP contribution is 2.24. The first-order valence-corrected chi connectivity index (χ1v) is 10.9. The molecule has 0 saturated heterocycles. The molecule has 0 aliphatic heterocycles. The third kappa shape index (κ3) is 7.03. The van der Waals surface area contributed by atoms with Crippen molar-refractivity contribution in [1.29, 1.82) is 0 Å². The number of hydrogen-bond donors (Lipinski definition) is 2. The number of rotatable bonds is 12. The molecule has 2 unspecified atom stereocenters. The van der Waals surface area contributed by atoms with E-state index in [0.717, 1.165) is 17.0 Å². The minimum absolute atomic E-state index is 0.169. The average molecular weight is 453 g/mol. The summed E-state index contributed by atoms with van der Waals surface area (Å²) in [5.41, 5.74) is 1.32. The Hall–Kier alpha value is -3.42. The molecular weight excluding hydrogens is 424 g/mol. The number of aliphatic hydroxyl groups excluding tert-OH is 2. The van der Waals surface area contributed by atoms with Crippen LogP contribution in [0.3, 0.4) is 0 Å². The molecule has 174 valence electrons. The van der Waals surface area contributed by atoms with Crippen molar-refractivity contribution < 1.29 is 28.9 Å². The van der Waals surface area contributed by atoms with E-state index in [-0.39, 0.29) is 6.61 Å². The van der Waals surface area contributed by atoms with Crippen LogP contribution in [-0.2, 0) is 9.53 Å². The second-order valence-corrected chi connectivity index (χ2v) is 7.65. The molecule has 2 N–H and O–H groups in total. The fourth-order valence-electron chi connectivity index (χ4n) is 3.39.